The molecule has 28 heavy (non-hydrogen) atoms. The summed E-state index contributed by atoms with van der Waals surface area (Å²) in [6.07, 6.45) is -4.55. The number of halogens is 3. The van der Waals surface area contributed by atoms with Crippen molar-refractivity contribution in [1.29, 1.82) is 0 Å². The van der Waals surface area contributed by atoms with Crippen LogP contribution < -0.4 is 15.1 Å². The molecule has 9 heteroatoms. The number of nitrogens with one attached hydrogen (secondary N) is 3. The molecule has 6 nitrogen and oxygen atoms in total. The van der Waals surface area contributed by atoms with Gasteiger partial charge in [0.25, 0.3) is 11.8 Å². The maximum Gasteiger partial charge on any atom is 0.418 e. The number of benzene rings is 1. The lowest BCUT2D eigenvalue weighted by molar-refractivity contribution is -0.903. The zero-order valence-corrected chi connectivity index (χ0v) is 16.5. The molecule has 2 amide bonds. The van der Waals surface area contributed by atoms with Crippen molar-refractivity contribution in [2.75, 3.05) is 51.6 Å². The smallest absolute Gasteiger partial charge is 0.332 e. The largest absolute Gasteiger partial charge is 0.418 e. The van der Waals surface area contributed by atoms with Crippen molar-refractivity contribution in [2.24, 2.45) is 0 Å². The molecular formula is C19H29F3N4O2+2. The molecule has 0 aromatic heterocycles. The summed E-state index contributed by atoms with van der Waals surface area (Å²) in [5, 5.41) is 2.33. The summed E-state index contributed by atoms with van der Waals surface area (Å²) >= 11 is 0. The molecule has 1 fully saturated rings. The lowest BCUT2D eigenvalue weighted by atomic mass is 10.1. The Hall–Kier alpha value is -2.13. The summed E-state index contributed by atoms with van der Waals surface area (Å²) < 4.78 is 39.1. The number of rotatable bonds is 6. The molecule has 1 aromatic rings. The number of piperazine rings is 1. The maximum atomic E-state index is 13.0. The van der Waals surface area contributed by atoms with Gasteiger partial charge in [0.15, 0.2) is 12.6 Å². The maximum absolute atomic E-state index is 13.0. The van der Waals surface area contributed by atoms with Gasteiger partial charge in [-0.2, -0.15) is 13.2 Å². The highest BCUT2D eigenvalue weighted by Crippen LogP contribution is 2.34. The van der Waals surface area contributed by atoms with E-state index in [1.807, 2.05) is 4.90 Å². The molecule has 1 heterocycles. The van der Waals surface area contributed by atoms with Crippen LogP contribution in [0.2, 0.25) is 0 Å². The number of hydrogen-bond acceptors (Lipinski definition) is 2. The fourth-order valence-corrected chi connectivity index (χ4v) is 3.32. The molecule has 0 bridgehead atoms. The Morgan fingerprint density at radius 3 is 2.43 bits per heavy atom. The van der Waals surface area contributed by atoms with Crippen molar-refractivity contribution in [3.63, 3.8) is 0 Å². The summed E-state index contributed by atoms with van der Waals surface area (Å²) in [6, 6.07) is 4.41. The Morgan fingerprint density at radius 2 is 1.86 bits per heavy atom. The summed E-state index contributed by atoms with van der Waals surface area (Å²) in [6.45, 7) is 7.97. The number of para-hydroxylation sites is 1. The van der Waals surface area contributed by atoms with Crippen LogP contribution in [0.5, 0.6) is 0 Å². The SMILES string of the molecule is CC[NH+]1CCN(C(=O)[C@H](C)[NH+](C)CC(=O)Nc2ccccc2C(F)(F)F)CC1. The molecule has 0 aliphatic carbocycles. The van der Waals surface area contributed by atoms with Crippen LogP contribution in [0.3, 0.4) is 0 Å². The van der Waals surface area contributed by atoms with Gasteiger partial charge in [-0.05, 0) is 26.0 Å². The van der Waals surface area contributed by atoms with E-state index >= 15 is 0 Å². The van der Waals surface area contributed by atoms with Crippen LogP contribution in [0.25, 0.3) is 0 Å². The highest BCUT2D eigenvalue weighted by Gasteiger charge is 2.34. The zero-order chi connectivity index (χ0) is 20.9. The van der Waals surface area contributed by atoms with Gasteiger partial charge in [-0.15, -0.1) is 0 Å². The van der Waals surface area contributed by atoms with E-state index in [9.17, 15) is 22.8 Å². The van der Waals surface area contributed by atoms with Crippen LogP contribution in [0.4, 0.5) is 18.9 Å². The first kappa shape index (κ1) is 22.2. The van der Waals surface area contributed by atoms with E-state index in [0.717, 1.165) is 25.7 Å². The predicted octanol–water partition coefficient (Wildman–Crippen LogP) is -0.706. The van der Waals surface area contributed by atoms with E-state index in [-0.39, 0.29) is 18.1 Å². The predicted molar refractivity (Wildman–Crippen MR) is 99.1 cm³/mol. The van der Waals surface area contributed by atoms with Crippen LogP contribution in [-0.4, -0.2) is 69.1 Å². The summed E-state index contributed by atoms with van der Waals surface area (Å²) in [5.74, 6) is -0.592. The number of carbonyl (C=O) groups is 2. The Balaban J connectivity index is 1.93. The van der Waals surface area contributed by atoms with Gasteiger partial charge in [0, 0.05) is 0 Å². The van der Waals surface area contributed by atoms with Crippen LogP contribution in [0, 0.1) is 0 Å². The van der Waals surface area contributed by atoms with Crippen molar-refractivity contribution in [3.8, 4) is 0 Å². The van der Waals surface area contributed by atoms with Crippen molar-refractivity contribution < 1.29 is 32.6 Å². The average Bonchev–Trinajstić information content (AvgIpc) is 2.66. The molecule has 2 rings (SSSR count). The highest BCUT2D eigenvalue weighted by molar-refractivity contribution is 5.92. The van der Waals surface area contributed by atoms with Crippen molar-refractivity contribution in [3.05, 3.63) is 29.8 Å². The Kier molecular flexibility index (Phi) is 7.42. The zero-order valence-electron chi connectivity index (χ0n) is 16.5. The van der Waals surface area contributed by atoms with E-state index in [2.05, 4.69) is 12.2 Å². The first-order chi connectivity index (χ1) is 13.1. The third-order valence-corrected chi connectivity index (χ3v) is 5.34. The van der Waals surface area contributed by atoms with E-state index in [1.54, 1.807) is 14.0 Å². The van der Waals surface area contributed by atoms with E-state index in [1.165, 1.54) is 23.1 Å². The van der Waals surface area contributed by atoms with Crippen LogP contribution in [-0.2, 0) is 15.8 Å². The molecule has 1 saturated heterocycles. The van der Waals surface area contributed by atoms with Crippen LogP contribution in [0.15, 0.2) is 24.3 Å². The number of nitrogens with zero attached hydrogens (tertiary/aromatic N) is 1. The minimum Gasteiger partial charge on any atom is -0.332 e. The summed E-state index contributed by atoms with van der Waals surface area (Å²) in [7, 11) is 1.70. The third kappa shape index (κ3) is 5.68. The standard InChI is InChI=1S/C19H27F3N4O2/c1-4-25-9-11-26(12-10-25)18(28)14(2)24(3)13-17(27)23-16-8-6-5-7-15(16)19(20,21)22/h5-8,14H,4,9-13H2,1-3H3,(H,23,27)/p+2/t14-/m0/s1. The minimum atomic E-state index is -4.55. The molecule has 0 spiro atoms. The van der Waals surface area contributed by atoms with Gasteiger partial charge in [0.2, 0.25) is 0 Å². The van der Waals surface area contributed by atoms with Gasteiger partial charge in [-0.3, -0.25) is 9.59 Å². The number of alkyl halides is 3. The van der Waals surface area contributed by atoms with Crippen molar-refractivity contribution in [2.45, 2.75) is 26.1 Å². The summed E-state index contributed by atoms with van der Waals surface area (Å²) in [4.78, 5) is 28.8. The normalized spacial score (nSPS) is 17.9. The molecule has 0 radical (unpaired) electrons. The first-order valence-electron chi connectivity index (χ1n) is 9.54. The quantitative estimate of drug-likeness (QED) is 0.589. The number of amides is 2. The van der Waals surface area contributed by atoms with E-state index < -0.39 is 23.7 Å². The second-order valence-corrected chi connectivity index (χ2v) is 7.27. The molecule has 1 aliphatic rings. The number of carbonyl (C=O) groups excluding carboxylic acids is 2. The van der Waals surface area contributed by atoms with E-state index in [4.69, 9.17) is 0 Å². The number of anilines is 1. The molecule has 2 atom stereocenters. The number of quaternary nitrogens is 2. The van der Waals surface area contributed by atoms with Crippen LogP contribution in [0.1, 0.15) is 19.4 Å². The Morgan fingerprint density at radius 1 is 1.25 bits per heavy atom. The molecule has 1 aromatic carbocycles. The van der Waals surface area contributed by atoms with Gasteiger partial charge in [0.1, 0.15) is 0 Å². The Labute approximate surface area is 163 Å². The first-order valence-corrected chi connectivity index (χ1v) is 9.54. The average molecular weight is 402 g/mol. The van der Waals surface area contributed by atoms with Crippen molar-refractivity contribution >= 4 is 17.5 Å². The molecule has 0 saturated carbocycles. The second-order valence-electron chi connectivity index (χ2n) is 7.27. The van der Waals surface area contributed by atoms with Crippen LogP contribution >= 0.6 is 0 Å². The van der Waals surface area contributed by atoms with E-state index in [0.29, 0.717) is 18.0 Å². The molecule has 1 unspecified atom stereocenters. The second kappa shape index (κ2) is 9.38. The molecule has 1 aliphatic heterocycles. The topological polar surface area (TPSA) is 58.3 Å². The third-order valence-electron chi connectivity index (χ3n) is 5.34. The number of likely N-dealkylation sites (N-methyl/N-ethyl adjacent to an activating group) is 2. The minimum absolute atomic E-state index is 0.0313. The van der Waals surface area contributed by atoms with Gasteiger partial charge in [-0.1, -0.05) is 12.1 Å². The lowest BCUT2D eigenvalue weighted by Gasteiger charge is -2.33. The van der Waals surface area contributed by atoms with Gasteiger partial charge in [-0.25, -0.2) is 0 Å². The van der Waals surface area contributed by atoms with Gasteiger partial charge >= 0.3 is 6.18 Å². The summed E-state index contributed by atoms with van der Waals surface area (Å²) in [5.41, 5.74) is -1.16. The molecular weight excluding hydrogens is 373 g/mol. The molecule has 156 valence electrons. The fraction of sp³-hybridized carbons (Fsp3) is 0.579. The van der Waals surface area contributed by atoms with Gasteiger partial charge in [0.05, 0.1) is 51.0 Å². The number of hydrogen-bond donors (Lipinski definition) is 3. The van der Waals surface area contributed by atoms with Gasteiger partial charge < -0.3 is 20.0 Å². The molecule has 3 N–H and O–H groups in total. The van der Waals surface area contributed by atoms with Crippen molar-refractivity contribution in [1.82, 2.24) is 4.90 Å². The Bertz CT molecular complexity index is 688. The monoisotopic (exact) mass is 402 g/mol. The lowest BCUT2D eigenvalue weighted by Crippen LogP contribution is -3.16. The fourth-order valence-electron chi connectivity index (χ4n) is 3.32. The highest BCUT2D eigenvalue weighted by atomic mass is 19.4.